The zero-order chi connectivity index (χ0) is 12.1. The van der Waals surface area contributed by atoms with Crippen molar-refractivity contribution in [3.8, 4) is 0 Å². The van der Waals surface area contributed by atoms with Gasteiger partial charge in [0.25, 0.3) is 0 Å². The smallest absolute Gasteiger partial charge is 0.323 e. The number of esters is 1. The van der Waals surface area contributed by atoms with E-state index in [1.54, 1.807) is 0 Å². The van der Waals surface area contributed by atoms with E-state index in [9.17, 15) is 4.79 Å². The van der Waals surface area contributed by atoms with Gasteiger partial charge in [0.05, 0.1) is 0 Å². The molecule has 15 heavy (non-hydrogen) atoms. The fourth-order valence-electron chi connectivity index (χ4n) is 1.45. The van der Waals surface area contributed by atoms with Crippen LogP contribution in [-0.2, 0) is 9.53 Å². The quantitative estimate of drug-likeness (QED) is 0.717. The second-order valence-electron chi connectivity index (χ2n) is 5.06. The fraction of sp³-hybridized carbons (Fsp3) is 0.917. The van der Waals surface area contributed by atoms with Crippen LogP contribution >= 0.6 is 0 Å². The molecule has 0 aromatic heterocycles. The van der Waals surface area contributed by atoms with Gasteiger partial charge in [0.15, 0.2) is 0 Å². The Bertz CT molecular complexity index is 192. The van der Waals surface area contributed by atoms with E-state index in [2.05, 4.69) is 13.8 Å². The Hall–Kier alpha value is -0.570. The summed E-state index contributed by atoms with van der Waals surface area (Å²) in [6, 6.07) is -0.478. The summed E-state index contributed by atoms with van der Waals surface area (Å²) in [5.74, 6) is 0.238. The molecule has 0 saturated carbocycles. The second kappa shape index (κ2) is 6.11. The van der Waals surface area contributed by atoms with Crippen LogP contribution < -0.4 is 5.73 Å². The van der Waals surface area contributed by atoms with Crippen molar-refractivity contribution < 1.29 is 9.53 Å². The molecule has 0 heterocycles. The number of carbonyl (C=O) groups excluding carboxylic acids is 1. The summed E-state index contributed by atoms with van der Waals surface area (Å²) in [4.78, 5) is 11.6. The van der Waals surface area contributed by atoms with Crippen LogP contribution in [0.25, 0.3) is 0 Å². The van der Waals surface area contributed by atoms with E-state index in [0.717, 1.165) is 19.3 Å². The van der Waals surface area contributed by atoms with Gasteiger partial charge >= 0.3 is 5.97 Å². The minimum absolute atomic E-state index is 0.283. The molecule has 0 aromatic carbocycles. The summed E-state index contributed by atoms with van der Waals surface area (Å²) in [5.41, 5.74) is 5.36. The molecule has 0 radical (unpaired) electrons. The van der Waals surface area contributed by atoms with Crippen LogP contribution in [0.5, 0.6) is 0 Å². The van der Waals surface area contributed by atoms with E-state index in [0.29, 0.717) is 5.92 Å². The SMILES string of the molecule is CCC(CC)C[C@H](N)C(=O)OC(C)(C)C. The van der Waals surface area contributed by atoms with Gasteiger partial charge < -0.3 is 10.5 Å². The largest absolute Gasteiger partial charge is 0.459 e. The molecule has 0 unspecified atom stereocenters. The molecule has 2 N–H and O–H groups in total. The van der Waals surface area contributed by atoms with Crippen LogP contribution in [0, 0.1) is 5.92 Å². The first-order chi connectivity index (χ1) is 6.80. The Morgan fingerprint density at radius 2 is 1.73 bits per heavy atom. The van der Waals surface area contributed by atoms with Gasteiger partial charge in [0.2, 0.25) is 0 Å². The predicted molar refractivity (Wildman–Crippen MR) is 62.5 cm³/mol. The number of ether oxygens (including phenoxy) is 1. The summed E-state index contributed by atoms with van der Waals surface area (Å²) in [6.07, 6.45) is 2.85. The van der Waals surface area contributed by atoms with Crippen LogP contribution in [0.2, 0.25) is 0 Å². The van der Waals surface area contributed by atoms with Gasteiger partial charge in [0.1, 0.15) is 11.6 Å². The zero-order valence-corrected chi connectivity index (χ0v) is 10.7. The van der Waals surface area contributed by atoms with Crippen LogP contribution in [0.15, 0.2) is 0 Å². The Morgan fingerprint density at radius 3 is 2.07 bits per heavy atom. The Kier molecular flexibility index (Phi) is 5.88. The average Bonchev–Trinajstić information content (AvgIpc) is 2.10. The first-order valence-corrected chi connectivity index (χ1v) is 5.78. The molecule has 0 rings (SSSR count). The van der Waals surface area contributed by atoms with Gasteiger partial charge in [0, 0.05) is 0 Å². The number of hydrogen-bond donors (Lipinski definition) is 1. The number of nitrogens with two attached hydrogens (primary N) is 1. The Balaban J connectivity index is 4.09. The van der Waals surface area contributed by atoms with E-state index in [1.165, 1.54) is 0 Å². The van der Waals surface area contributed by atoms with E-state index in [1.807, 2.05) is 20.8 Å². The van der Waals surface area contributed by atoms with Crippen molar-refractivity contribution >= 4 is 5.97 Å². The third kappa shape index (κ3) is 6.50. The highest BCUT2D eigenvalue weighted by Gasteiger charge is 2.23. The van der Waals surface area contributed by atoms with E-state index >= 15 is 0 Å². The number of hydrogen-bond acceptors (Lipinski definition) is 3. The maximum Gasteiger partial charge on any atom is 0.323 e. The van der Waals surface area contributed by atoms with Crippen molar-refractivity contribution in [1.82, 2.24) is 0 Å². The lowest BCUT2D eigenvalue weighted by Gasteiger charge is -2.23. The number of carbonyl (C=O) groups is 1. The fourth-order valence-corrected chi connectivity index (χ4v) is 1.45. The zero-order valence-electron chi connectivity index (χ0n) is 10.7. The highest BCUT2D eigenvalue weighted by atomic mass is 16.6. The molecule has 0 saturated heterocycles. The molecule has 0 aliphatic carbocycles. The third-order valence-corrected chi connectivity index (χ3v) is 2.45. The Labute approximate surface area is 93.4 Å². The normalized spacial score (nSPS) is 14.1. The van der Waals surface area contributed by atoms with E-state index < -0.39 is 11.6 Å². The minimum atomic E-state index is -0.478. The lowest BCUT2D eigenvalue weighted by molar-refractivity contribution is -0.156. The van der Waals surface area contributed by atoms with Gasteiger partial charge in [-0.2, -0.15) is 0 Å². The monoisotopic (exact) mass is 215 g/mol. The first kappa shape index (κ1) is 14.4. The standard InChI is InChI=1S/C12H25NO2/c1-6-9(7-2)8-10(13)11(14)15-12(3,4)5/h9-10H,6-8,13H2,1-5H3/t10-/m0/s1. The van der Waals surface area contributed by atoms with Crippen LogP contribution in [-0.4, -0.2) is 17.6 Å². The predicted octanol–water partition coefficient (Wildman–Crippen LogP) is 2.48. The molecule has 0 aliphatic rings. The van der Waals surface area contributed by atoms with Gasteiger partial charge in [-0.1, -0.05) is 26.7 Å². The van der Waals surface area contributed by atoms with Crippen LogP contribution in [0.4, 0.5) is 0 Å². The highest BCUT2D eigenvalue weighted by molar-refractivity contribution is 5.75. The molecule has 0 bridgehead atoms. The third-order valence-electron chi connectivity index (χ3n) is 2.45. The lowest BCUT2D eigenvalue weighted by Crippen LogP contribution is -2.38. The summed E-state index contributed by atoms with van der Waals surface area (Å²) in [5, 5.41) is 0. The molecule has 1 atom stereocenters. The van der Waals surface area contributed by atoms with Crippen LogP contribution in [0.3, 0.4) is 0 Å². The molecule has 3 nitrogen and oxygen atoms in total. The molecule has 3 heteroatoms. The van der Waals surface area contributed by atoms with Gasteiger partial charge in [-0.05, 0) is 33.1 Å². The molecule has 0 aliphatic heterocycles. The van der Waals surface area contributed by atoms with Crippen molar-refractivity contribution in [2.24, 2.45) is 11.7 Å². The topological polar surface area (TPSA) is 52.3 Å². The maximum atomic E-state index is 11.6. The molecule has 0 amide bonds. The molecule has 90 valence electrons. The maximum absolute atomic E-state index is 11.6. The van der Waals surface area contributed by atoms with Crippen molar-refractivity contribution in [1.29, 1.82) is 0 Å². The van der Waals surface area contributed by atoms with Crippen molar-refractivity contribution in [2.45, 2.75) is 65.5 Å². The minimum Gasteiger partial charge on any atom is -0.459 e. The molecule has 0 fully saturated rings. The lowest BCUT2D eigenvalue weighted by atomic mass is 9.95. The second-order valence-corrected chi connectivity index (χ2v) is 5.06. The van der Waals surface area contributed by atoms with Crippen molar-refractivity contribution in [3.63, 3.8) is 0 Å². The van der Waals surface area contributed by atoms with E-state index in [4.69, 9.17) is 10.5 Å². The number of rotatable bonds is 5. The molecular formula is C12H25NO2. The van der Waals surface area contributed by atoms with Crippen LogP contribution in [0.1, 0.15) is 53.9 Å². The Morgan fingerprint density at radius 1 is 1.27 bits per heavy atom. The summed E-state index contributed by atoms with van der Waals surface area (Å²) < 4.78 is 5.23. The van der Waals surface area contributed by atoms with Crippen molar-refractivity contribution in [2.75, 3.05) is 0 Å². The highest BCUT2D eigenvalue weighted by Crippen LogP contribution is 2.16. The van der Waals surface area contributed by atoms with Gasteiger partial charge in [-0.15, -0.1) is 0 Å². The molecule has 0 aromatic rings. The summed E-state index contributed by atoms with van der Waals surface area (Å²) in [7, 11) is 0. The van der Waals surface area contributed by atoms with Crippen molar-refractivity contribution in [3.05, 3.63) is 0 Å². The molecule has 0 spiro atoms. The van der Waals surface area contributed by atoms with Gasteiger partial charge in [-0.3, -0.25) is 4.79 Å². The summed E-state index contributed by atoms with van der Waals surface area (Å²) in [6.45, 7) is 9.81. The van der Waals surface area contributed by atoms with E-state index in [-0.39, 0.29) is 5.97 Å². The van der Waals surface area contributed by atoms with Gasteiger partial charge in [-0.25, -0.2) is 0 Å². The summed E-state index contributed by atoms with van der Waals surface area (Å²) >= 11 is 0. The molecular weight excluding hydrogens is 190 g/mol. The average molecular weight is 215 g/mol. The first-order valence-electron chi connectivity index (χ1n) is 5.78.